The van der Waals surface area contributed by atoms with Gasteiger partial charge in [0.2, 0.25) is 5.91 Å². The van der Waals surface area contributed by atoms with Gasteiger partial charge in [-0.2, -0.15) is 0 Å². The van der Waals surface area contributed by atoms with Crippen LogP contribution >= 0.6 is 0 Å². The molecule has 0 saturated heterocycles. The van der Waals surface area contributed by atoms with Crippen molar-refractivity contribution >= 4 is 11.9 Å². The van der Waals surface area contributed by atoms with E-state index in [9.17, 15) is 9.59 Å². The largest absolute Gasteiger partial charge is 0.494 e. The summed E-state index contributed by atoms with van der Waals surface area (Å²) in [7, 11) is 0. The Morgan fingerprint density at radius 2 is 1.95 bits per heavy atom. The highest BCUT2D eigenvalue weighted by atomic mass is 16.5. The van der Waals surface area contributed by atoms with E-state index >= 15 is 0 Å². The van der Waals surface area contributed by atoms with Gasteiger partial charge in [0.05, 0.1) is 12.6 Å². The molecule has 2 N–H and O–H groups in total. The molecule has 1 atom stereocenters. The number of carboxylic acids is 1. The molecule has 5 nitrogen and oxygen atoms in total. The molecule has 5 heteroatoms. The van der Waals surface area contributed by atoms with Crippen LogP contribution in [0.3, 0.4) is 0 Å². The minimum absolute atomic E-state index is 0.207. The van der Waals surface area contributed by atoms with Crippen LogP contribution in [-0.4, -0.2) is 23.6 Å². The number of carbonyl (C=O) groups is 2. The lowest BCUT2D eigenvalue weighted by Gasteiger charge is -2.13. The Bertz CT molecular complexity index is 465. The fraction of sp³-hybridized carbons (Fsp3) is 0.286. The molecule has 0 aromatic heterocycles. The maximum Gasteiger partial charge on any atom is 0.328 e. The number of aliphatic carboxylic acids is 1. The van der Waals surface area contributed by atoms with E-state index in [4.69, 9.17) is 9.84 Å². The maximum absolute atomic E-state index is 11.4. The summed E-state index contributed by atoms with van der Waals surface area (Å²) in [5.41, 5.74) is 0.917. The van der Waals surface area contributed by atoms with Gasteiger partial charge in [0.1, 0.15) is 5.75 Å². The van der Waals surface area contributed by atoms with Crippen molar-refractivity contribution in [1.29, 1.82) is 0 Å². The van der Waals surface area contributed by atoms with Gasteiger partial charge in [-0.25, -0.2) is 4.79 Å². The van der Waals surface area contributed by atoms with Crippen molar-refractivity contribution in [2.24, 2.45) is 0 Å². The van der Waals surface area contributed by atoms with Crippen LogP contribution in [0.2, 0.25) is 0 Å². The third-order valence-electron chi connectivity index (χ3n) is 2.43. The van der Waals surface area contributed by atoms with E-state index in [-0.39, 0.29) is 6.04 Å². The molecule has 1 rings (SSSR count). The molecule has 0 aliphatic carbocycles. The summed E-state index contributed by atoms with van der Waals surface area (Å²) in [6.45, 7) is 4.33. The van der Waals surface area contributed by atoms with Crippen LogP contribution < -0.4 is 10.1 Å². The molecule has 19 heavy (non-hydrogen) atoms. The summed E-state index contributed by atoms with van der Waals surface area (Å²) >= 11 is 0. The van der Waals surface area contributed by atoms with Crippen molar-refractivity contribution in [1.82, 2.24) is 5.32 Å². The summed E-state index contributed by atoms with van der Waals surface area (Å²) in [5, 5.41) is 11.1. The third kappa shape index (κ3) is 5.25. The molecule has 0 spiro atoms. The Hall–Kier alpha value is -2.30. The van der Waals surface area contributed by atoms with Crippen LogP contribution in [0.25, 0.3) is 0 Å². The number of hydrogen-bond donors (Lipinski definition) is 2. The number of benzene rings is 1. The van der Waals surface area contributed by atoms with Gasteiger partial charge in [-0.3, -0.25) is 4.79 Å². The van der Waals surface area contributed by atoms with Crippen LogP contribution in [0, 0.1) is 0 Å². The maximum atomic E-state index is 11.4. The number of amides is 1. The quantitative estimate of drug-likeness (QED) is 0.769. The number of ether oxygens (including phenoxy) is 1. The molecule has 0 radical (unpaired) electrons. The van der Waals surface area contributed by atoms with Gasteiger partial charge in [0, 0.05) is 12.2 Å². The summed E-state index contributed by atoms with van der Waals surface area (Å²) in [5.74, 6) is -0.816. The Labute approximate surface area is 111 Å². The molecule has 0 heterocycles. The molecule has 1 unspecified atom stereocenters. The topological polar surface area (TPSA) is 75.6 Å². The monoisotopic (exact) mass is 263 g/mol. The van der Waals surface area contributed by atoms with Crippen molar-refractivity contribution in [2.75, 3.05) is 6.61 Å². The van der Waals surface area contributed by atoms with E-state index in [0.29, 0.717) is 6.61 Å². The zero-order chi connectivity index (χ0) is 14.3. The highest BCUT2D eigenvalue weighted by Crippen LogP contribution is 2.17. The molecule has 1 aromatic rings. The molecule has 1 aromatic carbocycles. The minimum Gasteiger partial charge on any atom is -0.494 e. The van der Waals surface area contributed by atoms with Crippen molar-refractivity contribution in [2.45, 2.75) is 19.9 Å². The zero-order valence-electron chi connectivity index (χ0n) is 10.9. The smallest absolute Gasteiger partial charge is 0.328 e. The zero-order valence-corrected chi connectivity index (χ0v) is 10.9. The Balaban J connectivity index is 2.60. The molecule has 0 aliphatic heterocycles. The van der Waals surface area contributed by atoms with E-state index in [1.165, 1.54) is 0 Å². The first kappa shape index (κ1) is 14.8. The van der Waals surface area contributed by atoms with Crippen LogP contribution in [0.1, 0.15) is 25.5 Å². The Morgan fingerprint density at radius 3 is 2.47 bits per heavy atom. The average Bonchev–Trinajstić information content (AvgIpc) is 2.37. The van der Waals surface area contributed by atoms with Crippen LogP contribution in [0.4, 0.5) is 0 Å². The van der Waals surface area contributed by atoms with Gasteiger partial charge in [-0.05, 0) is 31.5 Å². The van der Waals surface area contributed by atoms with Gasteiger partial charge in [-0.1, -0.05) is 12.1 Å². The van der Waals surface area contributed by atoms with Gasteiger partial charge < -0.3 is 15.2 Å². The molecule has 102 valence electrons. The van der Waals surface area contributed by atoms with Crippen molar-refractivity contribution in [3.8, 4) is 5.75 Å². The van der Waals surface area contributed by atoms with E-state index < -0.39 is 11.9 Å². The predicted molar refractivity (Wildman–Crippen MR) is 70.9 cm³/mol. The minimum atomic E-state index is -1.15. The number of carbonyl (C=O) groups excluding carboxylic acids is 1. The van der Waals surface area contributed by atoms with Crippen molar-refractivity contribution < 1.29 is 19.4 Å². The summed E-state index contributed by atoms with van der Waals surface area (Å²) in [6.07, 6.45) is 1.80. The number of hydrogen-bond acceptors (Lipinski definition) is 3. The summed E-state index contributed by atoms with van der Waals surface area (Å²) in [4.78, 5) is 21.7. The second kappa shape index (κ2) is 7.20. The number of carboxylic acid groups (broad SMARTS) is 1. The highest BCUT2D eigenvalue weighted by Gasteiger charge is 2.07. The first-order valence-electron chi connectivity index (χ1n) is 5.97. The molecule has 0 bridgehead atoms. The normalized spacial score (nSPS) is 12.1. The molecule has 0 saturated carbocycles. The van der Waals surface area contributed by atoms with Gasteiger partial charge in [0.25, 0.3) is 0 Å². The van der Waals surface area contributed by atoms with E-state index in [1.807, 2.05) is 38.1 Å². The number of nitrogens with one attached hydrogen (secondary N) is 1. The standard InChI is InChI=1S/C14H17NO4/c1-3-19-12-6-4-11(5-7-12)10(2)15-13(16)8-9-14(17)18/h4-10H,3H2,1-2H3,(H,15,16)(H,17,18)/b9-8+. The van der Waals surface area contributed by atoms with Crippen LogP contribution in [0.15, 0.2) is 36.4 Å². The van der Waals surface area contributed by atoms with E-state index in [2.05, 4.69) is 5.32 Å². The fourth-order valence-electron chi connectivity index (χ4n) is 1.51. The lowest BCUT2D eigenvalue weighted by molar-refractivity contribution is -0.131. The lowest BCUT2D eigenvalue weighted by Crippen LogP contribution is -2.24. The predicted octanol–water partition coefficient (Wildman–Crippen LogP) is 1.90. The van der Waals surface area contributed by atoms with Crippen LogP contribution in [-0.2, 0) is 9.59 Å². The van der Waals surface area contributed by atoms with E-state index in [0.717, 1.165) is 23.5 Å². The van der Waals surface area contributed by atoms with Gasteiger partial charge in [0.15, 0.2) is 0 Å². The molecule has 1 amide bonds. The Kier molecular flexibility index (Phi) is 5.60. The second-order valence-corrected chi connectivity index (χ2v) is 3.90. The third-order valence-corrected chi connectivity index (χ3v) is 2.43. The lowest BCUT2D eigenvalue weighted by atomic mass is 10.1. The first-order chi connectivity index (χ1) is 9.02. The molecular weight excluding hydrogens is 246 g/mol. The summed E-state index contributed by atoms with van der Waals surface area (Å²) in [6, 6.07) is 7.17. The SMILES string of the molecule is CCOc1ccc(C(C)NC(=O)/C=C/C(=O)O)cc1. The van der Waals surface area contributed by atoms with E-state index in [1.54, 1.807) is 0 Å². The molecular formula is C14H17NO4. The molecule has 0 fully saturated rings. The van der Waals surface area contributed by atoms with Crippen molar-refractivity contribution in [3.05, 3.63) is 42.0 Å². The second-order valence-electron chi connectivity index (χ2n) is 3.90. The van der Waals surface area contributed by atoms with Crippen LogP contribution in [0.5, 0.6) is 5.75 Å². The Morgan fingerprint density at radius 1 is 1.32 bits per heavy atom. The highest BCUT2D eigenvalue weighted by molar-refractivity contribution is 5.94. The average molecular weight is 263 g/mol. The summed E-state index contributed by atoms with van der Waals surface area (Å²) < 4.78 is 5.32. The van der Waals surface area contributed by atoms with Gasteiger partial charge in [-0.15, -0.1) is 0 Å². The molecule has 0 aliphatic rings. The van der Waals surface area contributed by atoms with Crippen molar-refractivity contribution in [3.63, 3.8) is 0 Å². The van der Waals surface area contributed by atoms with Gasteiger partial charge >= 0.3 is 5.97 Å². The first-order valence-corrected chi connectivity index (χ1v) is 5.97. The fourth-order valence-corrected chi connectivity index (χ4v) is 1.51. The number of rotatable bonds is 6.